The van der Waals surface area contributed by atoms with Gasteiger partial charge in [0.05, 0.1) is 18.4 Å². The molecule has 3 N–H and O–H groups in total. The molecule has 1 amide bonds. The first-order valence-corrected chi connectivity index (χ1v) is 6.54. The van der Waals surface area contributed by atoms with Crippen LogP contribution in [0.25, 0.3) is 0 Å². The molecule has 0 radical (unpaired) electrons. The van der Waals surface area contributed by atoms with Gasteiger partial charge in [0.25, 0.3) is 5.91 Å². The molecule has 1 fully saturated rings. The fraction of sp³-hybridized carbons (Fsp3) is 0.429. The Morgan fingerprint density at radius 3 is 2.95 bits per heavy atom. The second-order valence-electron chi connectivity index (χ2n) is 4.64. The van der Waals surface area contributed by atoms with Crippen molar-refractivity contribution >= 4 is 17.6 Å². The van der Waals surface area contributed by atoms with Crippen molar-refractivity contribution in [2.45, 2.75) is 25.4 Å². The Balaban J connectivity index is 2.09. The molecule has 1 atom stereocenters. The lowest BCUT2D eigenvalue weighted by Gasteiger charge is -2.15. The van der Waals surface area contributed by atoms with Gasteiger partial charge in [-0.3, -0.25) is 4.79 Å². The SMILES string of the molecule is COc1cc(C(=O)OC2CCCCNC2=O)ccc1N. The highest BCUT2D eigenvalue weighted by Crippen LogP contribution is 2.23. The van der Waals surface area contributed by atoms with E-state index in [0.29, 0.717) is 30.0 Å². The van der Waals surface area contributed by atoms with Gasteiger partial charge in [-0.15, -0.1) is 0 Å². The summed E-state index contributed by atoms with van der Waals surface area (Å²) in [7, 11) is 1.47. The van der Waals surface area contributed by atoms with Gasteiger partial charge in [-0.05, 0) is 37.5 Å². The molecular formula is C14H18N2O4. The van der Waals surface area contributed by atoms with E-state index < -0.39 is 12.1 Å². The van der Waals surface area contributed by atoms with Gasteiger partial charge in [-0.25, -0.2) is 4.79 Å². The maximum absolute atomic E-state index is 12.1. The quantitative estimate of drug-likeness (QED) is 0.638. The van der Waals surface area contributed by atoms with Crippen LogP contribution in [-0.4, -0.2) is 31.6 Å². The highest BCUT2D eigenvalue weighted by molar-refractivity contribution is 5.93. The minimum absolute atomic E-state index is 0.238. The molecule has 6 heteroatoms. The van der Waals surface area contributed by atoms with Crippen LogP contribution >= 0.6 is 0 Å². The molecule has 1 saturated heterocycles. The fourth-order valence-corrected chi connectivity index (χ4v) is 2.06. The summed E-state index contributed by atoms with van der Waals surface area (Å²) < 4.78 is 10.3. The first-order chi connectivity index (χ1) is 9.61. The van der Waals surface area contributed by atoms with E-state index in [4.69, 9.17) is 15.2 Å². The monoisotopic (exact) mass is 278 g/mol. The first-order valence-electron chi connectivity index (χ1n) is 6.54. The third-order valence-electron chi connectivity index (χ3n) is 3.20. The van der Waals surface area contributed by atoms with Crippen molar-refractivity contribution < 1.29 is 19.1 Å². The number of ether oxygens (including phenoxy) is 2. The molecule has 1 aromatic carbocycles. The zero-order valence-corrected chi connectivity index (χ0v) is 11.3. The predicted octanol–water partition coefficient (Wildman–Crippen LogP) is 1.10. The lowest BCUT2D eigenvalue weighted by atomic mass is 10.1. The Morgan fingerprint density at radius 2 is 2.20 bits per heavy atom. The molecule has 20 heavy (non-hydrogen) atoms. The number of nitrogens with two attached hydrogens (primary N) is 1. The molecule has 6 nitrogen and oxygen atoms in total. The van der Waals surface area contributed by atoms with Crippen molar-refractivity contribution in [3.8, 4) is 5.75 Å². The van der Waals surface area contributed by atoms with E-state index in [-0.39, 0.29) is 5.91 Å². The van der Waals surface area contributed by atoms with Crippen molar-refractivity contribution in [1.29, 1.82) is 0 Å². The molecule has 2 rings (SSSR count). The van der Waals surface area contributed by atoms with Crippen molar-refractivity contribution in [3.63, 3.8) is 0 Å². The van der Waals surface area contributed by atoms with Crippen LogP contribution in [0.5, 0.6) is 5.75 Å². The number of carbonyl (C=O) groups is 2. The van der Waals surface area contributed by atoms with Gasteiger partial charge in [-0.1, -0.05) is 0 Å². The minimum atomic E-state index is -0.728. The van der Waals surface area contributed by atoms with Gasteiger partial charge in [-0.2, -0.15) is 0 Å². The number of esters is 1. The summed E-state index contributed by atoms with van der Waals surface area (Å²) in [5.41, 5.74) is 6.44. The molecule has 108 valence electrons. The summed E-state index contributed by atoms with van der Waals surface area (Å²) in [6.07, 6.45) is 1.56. The Kier molecular flexibility index (Phi) is 4.45. The molecule has 0 spiro atoms. The average Bonchev–Trinajstić information content (AvgIpc) is 2.64. The van der Waals surface area contributed by atoms with Crippen LogP contribution in [-0.2, 0) is 9.53 Å². The van der Waals surface area contributed by atoms with E-state index in [0.717, 1.165) is 12.8 Å². The van der Waals surface area contributed by atoms with Gasteiger partial charge >= 0.3 is 5.97 Å². The Bertz CT molecular complexity index is 516. The standard InChI is InChI=1S/C14H18N2O4/c1-19-12-8-9(5-6-10(12)15)14(18)20-11-4-2-3-7-16-13(11)17/h5-6,8,11H,2-4,7,15H2,1H3,(H,16,17). The number of nitrogen functional groups attached to an aromatic ring is 1. The number of hydrogen-bond donors (Lipinski definition) is 2. The van der Waals surface area contributed by atoms with E-state index in [1.165, 1.54) is 13.2 Å². The molecule has 0 aliphatic carbocycles. The number of benzene rings is 1. The zero-order valence-electron chi connectivity index (χ0n) is 11.3. The zero-order chi connectivity index (χ0) is 14.5. The van der Waals surface area contributed by atoms with Gasteiger partial charge in [0.1, 0.15) is 5.75 Å². The molecule has 0 aromatic heterocycles. The predicted molar refractivity (Wildman–Crippen MR) is 73.5 cm³/mol. The molecule has 1 unspecified atom stereocenters. The van der Waals surface area contributed by atoms with Crippen LogP contribution in [0.15, 0.2) is 18.2 Å². The van der Waals surface area contributed by atoms with Crippen molar-refractivity contribution in [2.75, 3.05) is 19.4 Å². The van der Waals surface area contributed by atoms with Crippen LogP contribution in [0.2, 0.25) is 0 Å². The van der Waals surface area contributed by atoms with Crippen molar-refractivity contribution in [2.24, 2.45) is 0 Å². The molecule has 1 heterocycles. The van der Waals surface area contributed by atoms with Crippen LogP contribution in [0.4, 0.5) is 5.69 Å². The number of nitrogens with one attached hydrogen (secondary N) is 1. The normalized spacial score (nSPS) is 18.9. The molecule has 1 aliphatic heterocycles. The van der Waals surface area contributed by atoms with Crippen LogP contribution in [0.3, 0.4) is 0 Å². The Morgan fingerprint density at radius 1 is 1.40 bits per heavy atom. The second kappa shape index (κ2) is 6.27. The maximum Gasteiger partial charge on any atom is 0.339 e. The molecule has 0 bridgehead atoms. The van der Waals surface area contributed by atoms with E-state index in [1.807, 2.05) is 0 Å². The largest absolute Gasteiger partial charge is 0.495 e. The number of hydrogen-bond acceptors (Lipinski definition) is 5. The van der Waals surface area contributed by atoms with Crippen LogP contribution in [0, 0.1) is 0 Å². The molecular weight excluding hydrogens is 260 g/mol. The molecule has 0 saturated carbocycles. The van der Waals surface area contributed by atoms with Gasteiger partial charge in [0.2, 0.25) is 0 Å². The third kappa shape index (κ3) is 3.20. The number of amides is 1. The van der Waals surface area contributed by atoms with Crippen molar-refractivity contribution in [3.05, 3.63) is 23.8 Å². The lowest BCUT2D eigenvalue weighted by Crippen LogP contribution is -2.36. The summed E-state index contributed by atoms with van der Waals surface area (Å²) in [6, 6.07) is 4.63. The summed E-state index contributed by atoms with van der Waals surface area (Å²) in [5.74, 6) is -0.381. The summed E-state index contributed by atoms with van der Waals surface area (Å²) in [6.45, 7) is 0.628. The highest BCUT2D eigenvalue weighted by Gasteiger charge is 2.25. The lowest BCUT2D eigenvalue weighted by molar-refractivity contribution is -0.129. The highest BCUT2D eigenvalue weighted by atomic mass is 16.5. The molecule has 1 aromatic rings. The van der Waals surface area contributed by atoms with Crippen molar-refractivity contribution in [1.82, 2.24) is 5.32 Å². The second-order valence-corrected chi connectivity index (χ2v) is 4.64. The van der Waals surface area contributed by atoms with Gasteiger partial charge in [0, 0.05) is 6.54 Å². The van der Waals surface area contributed by atoms with E-state index in [2.05, 4.69) is 5.32 Å². The average molecular weight is 278 g/mol. The van der Waals surface area contributed by atoms with E-state index in [1.54, 1.807) is 12.1 Å². The Labute approximate surface area is 117 Å². The number of anilines is 1. The summed E-state index contributed by atoms with van der Waals surface area (Å²) in [5, 5.41) is 2.72. The smallest absolute Gasteiger partial charge is 0.339 e. The number of rotatable bonds is 3. The fourth-order valence-electron chi connectivity index (χ4n) is 2.06. The van der Waals surface area contributed by atoms with Crippen LogP contribution < -0.4 is 15.8 Å². The van der Waals surface area contributed by atoms with Crippen LogP contribution in [0.1, 0.15) is 29.6 Å². The first kappa shape index (κ1) is 14.2. The topological polar surface area (TPSA) is 90.6 Å². The molecule has 1 aliphatic rings. The van der Waals surface area contributed by atoms with E-state index in [9.17, 15) is 9.59 Å². The minimum Gasteiger partial charge on any atom is -0.495 e. The maximum atomic E-state index is 12.1. The summed E-state index contributed by atoms with van der Waals surface area (Å²) >= 11 is 0. The number of methoxy groups -OCH3 is 1. The van der Waals surface area contributed by atoms with Gasteiger partial charge in [0.15, 0.2) is 6.10 Å². The number of carbonyl (C=O) groups excluding carboxylic acids is 2. The Hall–Kier alpha value is -2.24. The van der Waals surface area contributed by atoms with E-state index >= 15 is 0 Å². The van der Waals surface area contributed by atoms with Gasteiger partial charge < -0.3 is 20.5 Å². The summed E-state index contributed by atoms with van der Waals surface area (Å²) in [4.78, 5) is 23.8. The third-order valence-corrected chi connectivity index (χ3v) is 3.20.